The van der Waals surface area contributed by atoms with Crippen molar-refractivity contribution in [3.05, 3.63) is 35.5 Å². The molecule has 0 saturated heterocycles. The Hall–Kier alpha value is -1.77. The van der Waals surface area contributed by atoms with E-state index in [2.05, 4.69) is 18.8 Å². The van der Waals surface area contributed by atoms with Crippen LogP contribution in [0.2, 0.25) is 0 Å². The van der Waals surface area contributed by atoms with Crippen LogP contribution in [0.3, 0.4) is 0 Å². The molecule has 0 spiro atoms. The van der Waals surface area contributed by atoms with E-state index in [1.54, 1.807) is 0 Å². The lowest BCUT2D eigenvalue weighted by atomic mass is 10.0. The molecule has 0 amide bonds. The van der Waals surface area contributed by atoms with Crippen LogP contribution in [0, 0.1) is 0 Å². The van der Waals surface area contributed by atoms with E-state index in [1.807, 2.05) is 31.2 Å². The van der Waals surface area contributed by atoms with Gasteiger partial charge in [0, 0.05) is 16.6 Å². The van der Waals surface area contributed by atoms with Crippen molar-refractivity contribution in [1.82, 2.24) is 4.98 Å². The number of hydrogen-bond donors (Lipinski definition) is 1. The molecular weight excluding hydrogens is 214 g/mol. The minimum absolute atomic E-state index is 0.242. The van der Waals surface area contributed by atoms with Gasteiger partial charge in [-0.1, -0.05) is 32.0 Å². The Kier molecular flexibility index (Phi) is 3.18. The molecule has 0 radical (unpaired) electrons. The summed E-state index contributed by atoms with van der Waals surface area (Å²) < 4.78 is 5.13. The minimum atomic E-state index is -0.242. The number of benzene rings is 1. The summed E-state index contributed by atoms with van der Waals surface area (Å²) in [5.41, 5.74) is 2.61. The molecule has 2 rings (SSSR count). The van der Waals surface area contributed by atoms with E-state index in [4.69, 9.17) is 4.74 Å². The van der Waals surface area contributed by atoms with E-state index in [1.165, 1.54) is 0 Å². The molecule has 17 heavy (non-hydrogen) atoms. The highest BCUT2D eigenvalue weighted by atomic mass is 16.5. The van der Waals surface area contributed by atoms with Crippen molar-refractivity contribution in [3.63, 3.8) is 0 Å². The van der Waals surface area contributed by atoms with E-state index < -0.39 is 0 Å². The number of carbonyl (C=O) groups excluding carboxylic acids is 1. The Morgan fingerprint density at radius 2 is 2.06 bits per heavy atom. The average Bonchev–Trinajstić information content (AvgIpc) is 2.68. The molecule has 3 nitrogen and oxygen atoms in total. The SMILES string of the molecule is CCOC(=O)c1c(C(C)C)[nH]c2ccccc12. The molecule has 1 aromatic heterocycles. The zero-order valence-corrected chi connectivity index (χ0v) is 10.4. The zero-order valence-electron chi connectivity index (χ0n) is 10.4. The molecule has 1 aromatic carbocycles. The van der Waals surface area contributed by atoms with Crippen LogP contribution < -0.4 is 0 Å². The molecule has 0 aliphatic carbocycles. The van der Waals surface area contributed by atoms with Crippen LogP contribution in [0.4, 0.5) is 0 Å². The van der Waals surface area contributed by atoms with Gasteiger partial charge in [-0.3, -0.25) is 0 Å². The van der Waals surface area contributed by atoms with Gasteiger partial charge in [-0.25, -0.2) is 4.79 Å². The monoisotopic (exact) mass is 231 g/mol. The summed E-state index contributed by atoms with van der Waals surface area (Å²) in [7, 11) is 0. The van der Waals surface area contributed by atoms with Crippen molar-refractivity contribution in [1.29, 1.82) is 0 Å². The van der Waals surface area contributed by atoms with Gasteiger partial charge < -0.3 is 9.72 Å². The first-order valence-corrected chi connectivity index (χ1v) is 5.92. The minimum Gasteiger partial charge on any atom is -0.462 e. The van der Waals surface area contributed by atoms with Crippen LogP contribution in [-0.4, -0.2) is 17.6 Å². The van der Waals surface area contributed by atoms with Gasteiger partial charge in [0.1, 0.15) is 0 Å². The molecule has 3 heteroatoms. The van der Waals surface area contributed by atoms with Gasteiger partial charge in [-0.15, -0.1) is 0 Å². The van der Waals surface area contributed by atoms with E-state index in [0.29, 0.717) is 12.2 Å². The van der Waals surface area contributed by atoms with Crippen molar-refractivity contribution in [3.8, 4) is 0 Å². The number of rotatable bonds is 3. The quantitative estimate of drug-likeness (QED) is 0.822. The van der Waals surface area contributed by atoms with Crippen LogP contribution in [-0.2, 0) is 4.74 Å². The van der Waals surface area contributed by atoms with Gasteiger partial charge in [-0.05, 0) is 18.9 Å². The number of fused-ring (bicyclic) bond motifs is 1. The van der Waals surface area contributed by atoms with Crippen molar-refractivity contribution < 1.29 is 9.53 Å². The van der Waals surface area contributed by atoms with Gasteiger partial charge >= 0.3 is 5.97 Å². The molecule has 1 heterocycles. The molecule has 0 fully saturated rings. The number of nitrogens with one attached hydrogen (secondary N) is 1. The van der Waals surface area contributed by atoms with Crippen molar-refractivity contribution in [2.45, 2.75) is 26.7 Å². The Bertz CT molecular complexity index is 540. The van der Waals surface area contributed by atoms with Crippen molar-refractivity contribution >= 4 is 16.9 Å². The number of aromatic amines is 1. The summed E-state index contributed by atoms with van der Waals surface area (Å²) in [6.45, 7) is 6.35. The number of hydrogen-bond acceptors (Lipinski definition) is 2. The first-order chi connectivity index (χ1) is 8.15. The molecule has 0 aliphatic heterocycles. The lowest BCUT2D eigenvalue weighted by Crippen LogP contribution is -2.07. The van der Waals surface area contributed by atoms with Crippen LogP contribution in [0.1, 0.15) is 42.7 Å². The number of ether oxygens (including phenoxy) is 1. The molecule has 0 aliphatic rings. The lowest BCUT2D eigenvalue weighted by Gasteiger charge is -2.06. The summed E-state index contributed by atoms with van der Waals surface area (Å²) in [5, 5.41) is 0.939. The van der Waals surface area contributed by atoms with Crippen LogP contribution in [0.25, 0.3) is 10.9 Å². The summed E-state index contributed by atoms with van der Waals surface area (Å²) in [5.74, 6) is 0.0236. The Morgan fingerprint density at radius 1 is 1.35 bits per heavy atom. The highest BCUT2D eigenvalue weighted by Gasteiger charge is 2.20. The number of para-hydroxylation sites is 1. The Labute approximate surface area is 101 Å². The van der Waals surface area contributed by atoms with Gasteiger partial charge in [0.15, 0.2) is 0 Å². The molecule has 90 valence electrons. The number of carbonyl (C=O) groups is 1. The normalized spacial score (nSPS) is 11.1. The van der Waals surface area contributed by atoms with Gasteiger partial charge in [0.05, 0.1) is 12.2 Å². The standard InChI is InChI=1S/C14H17NO2/c1-4-17-14(16)12-10-7-5-6-8-11(10)15-13(12)9(2)3/h5-9,15H,4H2,1-3H3. The molecule has 0 unspecified atom stereocenters. The zero-order chi connectivity index (χ0) is 12.4. The van der Waals surface area contributed by atoms with E-state index in [-0.39, 0.29) is 11.9 Å². The first-order valence-electron chi connectivity index (χ1n) is 5.92. The third-order valence-electron chi connectivity index (χ3n) is 2.79. The largest absolute Gasteiger partial charge is 0.462 e. The average molecular weight is 231 g/mol. The first kappa shape index (κ1) is 11.7. The maximum absolute atomic E-state index is 12.0. The second kappa shape index (κ2) is 4.62. The second-order valence-corrected chi connectivity index (χ2v) is 4.33. The maximum atomic E-state index is 12.0. The third kappa shape index (κ3) is 2.05. The number of aromatic nitrogens is 1. The maximum Gasteiger partial charge on any atom is 0.340 e. The van der Waals surface area contributed by atoms with Crippen molar-refractivity contribution in [2.24, 2.45) is 0 Å². The Morgan fingerprint density at radius 3 is 2.71 bits per heavy atom. The van der Waals surface area contributed by atoms with E-state index >= 15 is 0 Å². The highest BCUT2D eigenvalue weighted by Crippen LogP contribution is 2.28. The van der Waals surface area contributed by atoms with Gasteiger partial charge in [0.2, 0.25) is 0 Å². The molecular formula is C14H17NO2. The highest BCUT2D eigenvalue weighted by molar-refractivity contribution is 6.05. The lowest BCUT2D eigenvalue weighted by molar-refractivity contribution is 0.0527. The third-order valence-corrected chi connectivity index (χ3v) is 2.79. The smallest absolute Gasteiger partial charge is 0.340 e. The molecule has 0 bridgehead atoms. The second-order valence-electron chi connectivity index (χ2n) is 4.33. The van der Waals surface area contributed by atoms with Crippen molar-refractivity contribution in [2.75, 3.05) is 6.61 Å². The Balaban J connectivity index is 2.63. The predicted molar refractivity (Wildman–Crippen MR) is 68.3 cm³/mol. The van der Waals surface area contributed by atoms with Gasteiger partial charge in [-0.2, -0.15) is 0 Å². The fraction of sp³-hybridized carbons (Fsp3) is 0.357. The predicted octanol–water partition coefficient (Wildman–Crippen LogP) is 3.47. The molecule has 1 N–H and O–H groups in total. The fourth-order valence-corrected chi connectivity index (χ4v) is 2.02. The van der Waals surface area contributed by atoms with E-state index in [0.717, 1.165) is 16.6 Å². The topological polar surface area (TPSA) is 42.1 Å². The number of esters is 1. The van der Waals surface area contributed by atoms with Gasteiger partial charge in [0.25, 0.3) is 0 Å². The summed E-state index contributed by atoms with van der Waals surface area (Å²) in [6, 6.07) is 7.81. The molecule has 0 saturated carbocycles. The van der Waals surface area contributed by atoms with Crippen LogP contribution in [0.5, 0.6) is 0 Å². The summed E-state index contributed by atoms with van der Waals surface area (Å²) >= 11 is 0. The van der Waals surface area contributed by atoms with Crippen LogP contribution >= 0.6 is 0 Å². The molecule has 2 aromatic rings. The van der Waals surface area contributed by atoms with E-state index in [9.17, 15) is 4.79 Å². The molecule has 0 atom stereocenters. The van der Waals surface area contributed by atoms with Crippen LogP contribution in [0.15, 0.2) is 24.3 Å². The summed E-state index contributed by atoms with van der Waals surface area (Å²) in [6.07, 6.45) is 0. The summed E-state index contributed by atoms with van der Waals surface area (Å²) in [4.78, 5) is 15.3. The number of H-pyrrole nitrogens is 1. The fourth-order valence-electron chi connectivity index (χ4n) is 2.02.